The first-order chi connectivity index (χ1) is 14.0. The molecule has 0 saturated heterocycles. The van der Waals surface area contributed by atoms with E-state index in [9.17, 15) is 5.11 Å². The molecular formula is C18H23N9O2. The number of hydrogen-bond donors (Lipinski definition) is 2. The Hall–Kier alpha value is -3.76. The van der Waals surface area contributed by atoms with Gasteiger partial charge in [-0.15, -0.1) is 5.10 Å². The van der Waals surface area contributed by atoms with Crippen molar-refractivity contribution >= 4 is 23.4 Å². The Labute approximate surface area is 167 Å². The second kappa shape index (κ2) is 8.50. The largest absolute Gasteiger partial charge is 0.507 e. The number of nitrogens with zero attached hydrogens (tertiary/aromatic N) is 8. The van der Waals surface area contributed by atoms with Crippen LogP contribution in [0.2, 0.25) is 0 Å². The first-order valence-corrected chi connectivity index (χ1v) is 9.12. The molecule has 29 heavy (non-hydrogen) atoms. The van der Waals surface area contributed by atoms with E-state index in [2.05, 4.69) is 54.2 Å². The minimum atomic E-state index is 0.112. The summed E-state index contributed by atoms with van der Waals surface area (Å²) in [4.78, 5) is 2.15. The number of nitrogens with two attached hydrogens (primary N) is 1. The number of aromatic hydroxyl groups is 1. The van der Waals surface area contributed by atoms with Crippen molar-refractivity contribution in [2.45, 2.75) is 27.7 Å². The highest BCUT2D eigenvalue weighted by Gasteiger charge is 2.17. The summed E-state index contributed by atoms with van der Waals surface area (Å²) in [5, 5.41) is 33.8. The normalized spacial score (nSPS) is 12.1. The molecule has 3 rings (SSSR count). The van der Waals surface area contributed by atoms with Crippen LogP contribution in [-0.4, -0.2) is 55.4 Å². The molecule has 0 atom stereocenters. The highest BCUT2D eigenvalue weighted by atomic mass is 16.6. The second-order valence-corrected chi connectivity index (χ2v) is 6.25. The lowest BCUT2D eigenvalue weighted by atomic mass is 10.2. The van der Waals surface area contributed by atoms with E-state index in [1.54, 1.807) is 26.0 Å². The van der Waals surface area contributed by atoms with Gasteiger partial charge in [0.2, 0.25) is 11.6 Å². The third-order valence-corrected chi connectivity index (χ3v) is 4.48. The van der Waals surface area contributed by atoms with Gasteiger partial charge in [-0.2, -0.15) is 14.9 Å². The van der Waals surface area contributed by atoms with Gasteiger partial charge in [0.25, 0.3) is 0 Å². The number of anilines is 2. The van der Waals surface area contributed by atoms with Crippen LogP contribution in [0.1, 0.15) is 37.7 Å². The molecule has 11 nitrogen and oxygen atoms in total. The molecule has 0 bridgehead atoms. The van der Waals surface area contributed by atoms with E-state index in [0.29, 0.717) is 22.7 Å². The van der Waals surface area contributed by atoms with E-state index in [1.807, 2.05) is 6.07 Å². The molecule has 2 heterocycles. The Kier molecular flexibility index (Phi) is 5.86. The molecule has 0 aliphatic heterocycles. The average Bonchev–Trinajstić information content (AvgIpc) is 3.29. The van der Waals surface area contributed by atoms with Crippen molar-refractivity contribution in [1.29, 1.82) is 0 Å². The molecule has 0 amide bonds. The molecule has 2 aromatic heterocycles. The highest BCUT2D eigenvalue weighted by Crippen LogP contribution is 2.23. The van der Waals surface area contributed by atoms with Gasteiger partial charge in [0.15, 0.2) is 0 Å². The van der Waals surface area contributed by atoms with E-state index < -0.39 is 0 Å². The van der Waals surface area contributed by atoms with Crippen LogP contribution < -0.4 is 10.6 Å². The Morgan fingerprint density at radius 1 is 1.31 bits per heavy atom. The molecule has 0 fully saturated rings. The third kappa shape index (κ3) is 4.08. The second-order valence-electron chi connectivity index (χ2n) is 6.25. The molecule has 0 aliphatic carbocycles. The van der Waals surface area contributed by atoms with E-state index in [4.69, 9.17) is 5.73 Å². The summed E-state index contributed by atoms with van der Waals surface area (Å²) in [5.41, 5.74) is 8.96. The van der Waals surface area contributed by atoms with Crippen LogP contribution in [0.25, 0.3) is 5.82 Å². The van der Waals surface area contributed by atoms with E-state index in [1.165, 1.54) is 10.9 Å². The topological polar surface area (TPSA) is 144 Å². The summed E-state index contributed by atoms with van der Waals surface area (Å²) in [6, 6.07) is 5.47. The summed E-state index contributed by atoms with van der Waals surface area (Å²) in [6.45, 7) is 9.42. The van der Waals surface area contributed by atoms with Gasteiger partial charge < -0.3 is 15.7 Å². The minimum Gasteiger partial charge on any atom is -0.507 e. The monoisotopic (exact) mass is 397 g/mol. The van der Waals surface area contributed by atoms with Gasteiger partial charge in [0.05, 0.1) is 17.6 Å². The maximum absolute atomic E-state index is 10.3. The van der Waals surface area contributed by atoms with Gasteiger partial charge >= 0.3 is 0 Å². The predicted octanol–water partition coefficient (Wildman–Crippen LogP) is 1.94. The molecule has 3 aromatic rings. The summed E-state index contributed by atoms with van der Waals surface area (Å²) in [7, 11) is 0. The summed E-state index contributed by atoms with van der Waals surface area (Å²) < 4.78 is 6.01. The lowest BCUT2D eigenvalue weighted by molar-refractivity contribution is 0.306. The highest BCUT2D eigenvalue weighted by molar-refractivity contribution is 5.98. The molecule has 3 N–H and O–H groups in total. The Balaban J connectivity index is 1.79. The Morgan fingerprint density at radius 2 is 2.07 bits per heavy atom. The molecule has 0 radical (unpaired) electrons. The summed E-state index contributed by atoms with van der Waals surface area (Å²) in [5.74, 6) is 0.513. The van der Waals surface area contributed by atoms with Gasteiger partial charge in [0, 0.05) is 30.4 Å². The summed E-state index contributed by atoms with van der Waals surface area (Å²) in [6.07, 6.45) is 1.49. The van der Waals surface area contributed by atoms with Crippen molar-refractivity contribution < 1.29 is 9.74 Å². The zero-order chi connectivity index (χ0) is 21.0. The van der Waals surface area contributed by atoms with Crippen LogP contribution in [0.15, 0.2) is 33.0 Å². The fraction of sp³-hybridized carbons (Fsp3) is 0.333. The van der Waals surface area contributed by atoms with Gasteiger partial charge in [-0.3, -0.25) is 0 Å². The molecule has 0 saturated carbocycles. The first kappa shape index (κ1) is 20.0. The lowest BCUT2D eigenvalue weighted by Gasteiger charge is -2.21. The lowest BCUT2D eigenvalue weighted by Crippen LogP contribution is -2.21. The zero-order valence-electron chi connectivity index (χ0n) is 16.7. The maximum Gasteiger partial charge on any atom is 0.243 e. The molecule has 1 aromatic carbocycles. The number of phenolic OH excluding ortho intramolecular Hbond substituents is 1. The molecular weight excluding hydrogens is 374 g/mol. The molecule has 0 spiro atoms. The van der Waals surface area contributed by atoms with Gasteiger partial charge in [-0.05, 0) is 50.1 Å². The number of aromatic nitrogens is 5. The smallest absolute Gasteiger partial charge is 0.243 e. The first-order valence-electron chi connectivity index (χ1n) is 9.12. The third-order valence-electron chi connectivity index (χ3n) is 4.48. The van der Waals surface area contributed by atoms with Crippen molar-refractivity contribution in [3.63, 3.8) is 0 Å². The number of hydrogen-bond acceptors (Lipinski definition) is 10. The minimum absolute atomic E-state index is 0.112. The van der Waals surface area contributed by atoms with Crippen LogP contribution >= 0.6 is 0 Å². The van der Waals surface area contributed by atoms with E-state index in [0.717, 1.165) is 18.8 Å². The zero-order valence-corrected chi connectivity index (χ0v) is 16.7. The van der Waals surface area contributed by atoms with Crippen molar-refractivity contribution in [3.05, 3.63) is 35.2 Å². The fourth-order valence-corrected chi connectivity index (χ4v) is 2.85. The van der Waals surface area contributed by atoms with Gasteiger partial charge in [-0.25, -0.2) is 4.63 Å². The van der Waals surface area contributed by atoms with Gasteiger partial charge in [-0.1, -0.05) is 5.21 Å². The van der Waals surface area contributed by atoms with E-state index in [-0.39, 0.29) is 17.4 Å². The van der Waals surface area contributed by atoms with Crippen molar-refractivity contribution in [2.24, 2.45) is 10.2 Å². The van der Waals surface area contributed by atoms with Crippen molar-refractivity contribution in [1.82, 2.24) is 25.3 Å². The van der Waals surface area contributed by atoms with Crippen molar-refractivity contribution in [3.8, 4) is 11.6 Å². The standard InChI is InChI=1S/C18H23N9O2/c1-5-26(6-2)14-8-7-13(15(28)9-14)10-20-21-11(3)16-12(4)27(25-22-16)18-17(19)23-29-24-18/h7-10,28H,5-6H2,1-4H3,(H2,19,23)/b20-10-,21-11-. The average molecular weight is 397 g/mol. The molecule has 0 aliphatic rings. The van der Waals surface area contributed by atoms with Crippen LogP contribution in [0, 0.1) is 6.92 Å². The van der Waals surface area contributed by atoms with Crippen LogP contribution in [0.3, 0.4) is 0 Å². The quantitative estimate of drug-likeness (QED) is 0.454. The number of nitrogen functional groups attached to an aromatic ring is 1. The Morgan fingerprint density at radius 3 is 2.69 bits per heavy atom. The summed E-state index contributed by atoms with van der Waals surface area (Å²) >= 11 is 0. The number of rotatable bonds is 7. The number of phenols is 1. The maximum atomic E-state index is 10.3. The number of benzene rings is 1. The van der Waals surface area contributed by atoms with E-state index >= 15 is 0 Å². The predicted molar refractivity (Wildman–Crippen MR) is 110 cm³/mol. The molecule has 11 heteroatoms. The SMILES string of the molecule is CCN(CC)c1ccc(/C=N\N=C(\C)c2nnn(-c3nonc3N)c2C)c(O)c1. The Bertz CT molecular complexity index is 1050. The van der Waals surface area contributed by atoms with Crippen molar-refractivity contribution in [2.75, 3.05) is 23.7 Å². The van der Waals surface area contributed by atoms with Crippen LogP contribution in [0.4, 0.5) is 11.5 Å². The van der Waals surface area contributed by atoms with Gasteiger partial charge in [0.1, 0.15) is 11.4 Å². The fourth-order valence-electron chi connectivity index (χ4n) is 2.85. The molecule has 152 valence electrons. The molecule has 0 unspecified atom stereocenters. The van der Waals surface area contributed by atoms with Crippen LogP contribution in [0.5, 0.6) is 5.75 Å². The van der Waals surface area contributed by atoms with Crippen LogP contribution in [-0.2, 0) is 0 Å².